The number of aliphatic carboxylic acids is 1. The quantitative estimate of drug-likeness (QED) is 0.665. The number of carboxylic acid groups (broad SMARTS) is 1. The lowest BCUT2D eigenvalue weighted by Gasteiger charge is -2.07. The van der Waals surface area contributed by atoms with Crippen molar-refractivity contribution in [3.63, 3.8) is 0 Å². The van der Waals surface area contributed by atoms with Crippen LogP contribution in [0.4, 0.5) is 5.69 Å². The molecule has 1 aromatic carbocycles. The van der Waals surface area contributed by atoms with Crippen LogP contribution >= 0.6 is 0 Å². The van der Waals surface area contributed by atoms with E-state index >= 15 is 0 Å². The second kappa shape index (κ2) is 6.88. The third kappa shape index (κ3) is 4.91. The highest BCUT2D eigenvalue weighted by atomic mass is 16.4. The van der Waals surface area contributed by atoms with Crippen molar-refractivity contribution < 1.29 is 19.5 Å². The zero-order valence-corrected chi connectivity index (χ0v) is 11.6. The van der Waals surface area contributed by atoms with E-state index in [2.05, 4.69) is 10.6 Å². The predicted octanol–water partition coefficient (Wildman–Crippen LogP) is 1.63. The second-order valence-corrected chi connectivity index (χ2v) is 5.10. The zero-order valence-electron chi connectivity index (χ0n) is 11.6. The smallest absolute Gasteiger partial charge is 0.303 e. The van der Waals surface area contributed by atoms with Gasteiger partial charge in [0.2, 0.25) is 5.91 Å². The highest BCUT2D eigenvalue weighted by molar-refractivity contribution is 5.98. The van der Waals surface area contributed by atoms with Gasteiger partial charge >= 0.3 is 5.97 Å². The van der Waals surface area contributed by atoms with Crippen molar-refractivity contribution in [2.75, 3.05) is 11.9 Å². The van der Waals surface area contributed by atoms with E-state index in [9.17, 15) is 14.4 Å². The van der Waals surface area contributed by atoms with Crippen molar-refractivity contribution in [2.24, 2.45) is 5.92 Å². The number of carboxylic acids is 1. The lowest BCUT2D eigenvalue weighted by molar-refractivity contribution is -0.137. The molecule has 1 aliphatic rings. The zero-order chi connectivity index (χ0) is 15.2. The number of anilines is 1. The number of hydrogen-bond donors (Lipinski definition) is 3. The van der Waals surface area contributed by atoms with Crippen LogP contribution in [0.5, 0.6) is 0 Å². The molecule has 1 aromatic rings. The van der Waals surface area contributed by atoms with Crippen molar-refractivity contribution in [3.8, 4) is 0 Å². The van der Waals surface area contributed by atoms with Gasteiger partial charge in [0, 0.05) is 30.1 Å². The molecule has 2 rings (SSSR count). The van der Waals surface area contributed by atoms with Gasteiger partial charge in [-0.05, 0) is 37.5 Å². The third-order valence-electron chi connectivity index (χ3n) is 3.19. The van der Waals surface area contributed by atoms with E-state index < -0.39 is 5.97 Å². The van der Waals surface area contributed by atoms with Crippen LogP contribution in [0.25, 0.3) is 0 Å². The number of benzene rings is 1. The van der Waals surface area contributed by atoms with Gasteiger partial charge in [0.25, 0.3) is 5.91 Å². The molecule has 0 unspecified atom stereocenters. The summed E-state index contributed by atoms with van der Waals surface area (Å²) >= 11 is 0. The SMILES string of the molecule is O=C(O)CCCNC(=O)c1cccc(NC(=O)C2CC2)c1. The maximum Gasteiger partial charge on any atom is 0.303 e. The van der Waals surface area contributed by atoms with Crippen LogP contribution in [-0.4, -0.2) is 29.4 Å². The molecule has 1 fully saturated rings. The predicted molar refractivity (Wildman–Crippen MR) is 77.0 cm³/mol. The van der Waals surface area contributed by atoms with Gasteiger partial charge in [-0.3, -0.25) is 14.4 Å². The molecule has 3 N–H and O–H groups in total. The minimum absolute atomic E-state index is 0.00554. The number of amides is 2. The average Bonchev–Trinajstić information content (AvgIpc) is 3.28. The maximum atomic E-state index is 11.9. The Kier molecular flexibility index (Phi) is 4.92. The van der Waals surface area contributed by atoms with Crippen molar-refractivity contribution >= 4 is 23.5 Å². The fourth-order valence-corrected chi connectivity index (χ4v) is 1.87. The molecule has 0 aliphatic heterocycles. The molecular formula is C15H18N2O4. The molecule has 1 aliphatic carbocycles. The highest BCUT2D eigenvalue weighted by Gasteiger charge is 2.29. The summed E-state index contributed by atoms with van der Waals surface area (Å²) in [4.78, 5) is 33.9. The van der Waals surface area contributed by atoms with E-state index in [0.29, 0.717) is 24.2 Å². The Morgan fingerprint density at radius 1 is 1.24 bits per heavy atom. The molecule has 0 saturated heterocycles. The molecule has 21 heavy (non-hydrogen) atoms. The van der Waals surface area contributed by atoms with Crippen LogP contribution in [0.2, 0.25) is 0 Å². The first kappa shape index (κ1) is 15.0. The Morgan fingerprint density at radius 3 is 2.67 bits per heavy atom. The lowest BCUT2D eigenvalue weighted by atomic mass is 10.1. The minimum atomic E-state index is -0.881. The molecule has 0 spiro atoms. The first-order valence-electron chi connectivity index (χ1n) is 6.97. The fraction of sp³-hybridized carbons (Fsp3) is 0.400. The summed E-state index contributed by atoms with van der Waals surface area (Å²) in [7, 11) is 0. The van der Waals surface area contributed by atoms with Crippen LogP contribution in [0, 0.1) is 5.92 Å². The van der Waals surface area contributed by atoms with Crippen molar-refractivity contribution in [1.29, 1.82) is 0 Å². The van der Waals surface area contributed by atoms with E-state index in [4.69, 9.17) is 5.11 Å². The van der Waals surface area contributed by atoms with Gasteiger partial charge in [0.05, 0.1) is 0 Å². The van der Waals surface area contributed by atoms with Gasteiger partial charge < -0.3 is 15.7 Å². The topological polar surface area (TPSA) is 95.5 Å². The minimum Gasteiger partial charge on any atom is -0.481 e. The van der Waals surface area contributed by atoms with Crippen LogP contribution in [-0.2, 0) is 9.59 Å². The molecule has 2 amide bonds. The van der Waals surface area contributed by atoms with E-state index in [1.54, 1.807) is 24.3 Å². The summed E-state index contributed by atoms with van der Waals surface area (Å²) in [5, 5.41) is 14.0. The Hall–Kier alpha value is -2.37. The third-order valence-corrected chi connectivity index (χ3v) is 3.19. The molecule has 6 heteroatoms. The Morgan fingerprint density at radius 2 is 2.00 bits per heavy atom. The van der Waals surface area contributed by atoms with Gasteiger partial charge in [0.1, 0.15) is 0 Å². The monoisotopic (exact) mass is 290 g/mol. The first-order chi connectivity index (χ1) is 10.1. The number of carbonyl (C=O) groups is 3. The molecule has 6 nitrogen and oxygen atoms in total. The number of carbonyl (C=O) groups excluding carboxylic acids is 2. The maximum absolute atomic E-state index is 11.9. The molecule has 0 radical (unpaired) electrons. The molecule has 112 valence electrons. The molecule has 0 heterocycles. The molecule has 0 atom stereocenters. The summed E-state index contributed by atoms with van der Waals surface area (Å²) in [5.41, 5.74) is 1.05. The van der Waals surface area contributed by atoms with Crippen molar-refractivity contribution in [1.82, 2.24) is 5.32 Å². The first-order valence-corrected chi connectivity index (χ1v) is 6.97. The summed E-state index contributed by atoms with van der Waals surface area (Å²) in [6.45, 7) is 0.309. The number of rotatable bonds is 7. The summed E-state index contributed by atoms with van der Waals surface area (Å²) in [6.07, 6.45) is 2.27. The van der Waals surface area contributed by atoms with Crippen LogP contribution in [0.3, 0.4) is 0 Å². The largest absolute Gasteiger partial charge is 0.481 e. The molecule has 0 bridgehead atoms. The molecular weight excluding hydrogens is 272 g/mol. The van der Waals surface area contributed by atoms with Crippen molar-refractivity contribution in [3.05, 3.63) is 29.8 Å². The van der Waals surface area contributed by atoms with Gasteiger partial charge in [-0.1, -0.05) is 6.07 Å². The second-order valence-electron chi connectivity index (χ2n) is 5.10. The number of hydrogen-bond acceptors (Lipinski definition) is 3. The van der Waals surface area contributed by atoms with E-state index in [1.165, 1.54) is 0 Å². The van der Waals surface area contributed by atoms with Crippen LogP contribution < -0.4 is 10.6 Å². The van der Waals surface area contributed by atoms with Gasteiger partial charge in [0.15, 0.2) is 0 Å². The van der Waals surface area contributed by atoms with E-state index in [-0.39, 0.29) is 24.2 Å². The Balaban J connectivity index is 1.85. The van der Waals surface area contributed by atoms with Crippen LogP contribution in [0.1, 0.15) is 36.0 Å². The molecule has 1 saturated carbocycles. The highest BCUT2D eigenvalue weighted by Crippen LogP contribution is 2.30. The Bertz CT molecular complexity index is 552. The summed E-state index contributed by atoms with van der Waals surface area (Å²) < 4.78 is 0. The summed E-state index contributed by atoms with van der Waals surface area (Å²) in [5.74, 6) is -1.05. The van der Waals surface area contributed by atoms with Gasteiger partial charge in [-0.2, -0.15) is 0 Å². The van der Waals surface area contributed by atoms with Crippen LogP contribution in [0.15, 0.2) is 24.3 Å². The van der Waals surface area contributed by atoms with Crippen molar-refractivity contribution in [2.45, 2.75) is 25.7 Å². The number of nitrogens with one attached hydrogen (secondary N) is 2. The standard InChI is InChI=1S/C15H18N2O4/c18-13(19)5-2-8-16-14(20)11-3-1-4-12(9-11)17-15(21)10-6-7-10/h1,3-4,9-10H,2,5-8H2,(H,16,20)(H,17,21)(H,18,19). The molecule has 0 aromatic heterocycles. The summed E-state index contributed by atoms with van der Waals surface area (Å²) in [6, 6.07) is 6.71. The normalized spacial score (nSPS) is 13.5. The average molecular weight is 290 g/mol. The van der Waals surface area contributed by atoms with Gasteiger partial charge in [-0.15, -0.1) is 0 Å². The van der Waals surface area contributed by atoms with E-state index in [1.807, 2.05) is 0 Å². The van der Waals surface area contributed by atoms with E-state index in [0.717, 1.165) is 12.8 Å². The van der Waals surface area contributed by atoms with Gasteiger partial charge in [-0.25, -0.2) is 0 Å². The lowest BCUT2D eigenvalue weighted by Crippen LogP contribution is -2.25. The Labute approximate surface area is 122 Å². The fourth-order valence-electron chi connectivity index (χ4n) is 1.87.